The van der Waals surface area contributed by atoms with Gasteiger partial charge in [-0.1, -0.05) is 6.07 Å². The highest BCUT2D eigenvalue weighted by Crippen LogP contribution is 2.12. The van der Waals surface area contributed by atoms with E-state index >= 15 is 0 Å². The lowest BCUT2D eigenvalue weighted by atomic mass is 10.1. The number of aromatic nitrogens is 1. The zero-order valence-corrected chi connectivity index (χ0v) is 7.26. The van der Waals surface area contributed by atoms with Crippen LogP contribution in [0.1, 0.15) is 29.9 Å². The van der Waals surface area contributed by atoms with E-state index < -0.39 is 0 Å². The van der Waals surface area contributed by atoms with E-state index in [1.807, 2.05) is 32.9 Å². The van der Waals surface area contributed by atoms with Gasteiger partial charge in [-0.15, -0.1) is 0 Å². The van der Waals surface area contributed by atoms with Crippen molar-refractivity contribution in [2.45, 2.75) is 26.8 Å². The van der Waals surface area contributed by atoms with Gasteiger partial charge in [0.2, 0.25) is 0 Å². The minimum absolute atomic E-state index is 0.0862. The van der Waals surface area contributed by atoms with E-state index in [4.69, 9.17) is 5.73 Å². The summed E-state index contributed by atoms with van der Waals surface area (Å²) in [5.74, 6) is 0. The van der Waals surface area contributed by atoms with Crippen molar-refractivity contribution in [2.75, 3.05) is 0 Å². The van der Waals surface area contributed by atoms with Crippen molar-refractivity contribution in [2.24, 2.45) is 5.73 Å². The Morgan fingerprint density at radius 2 is 2.00 bits per heavy atom. The van der Waals surface area contributed by atoms with Crippen LogP contribution in [0.15, 0.2) is 12.1 Å². The third-order valence-electron chi connectivity index (χ3n) is 1.76. The van der Waals surface area contributed by atoms with Crippen LogP contribution in [0.5, 0.6) is 0 Å². The molecule has 0 fully saturated rings. The van der Waals surface area contributed by atoms with Crippen LogP contribution in [-0.2, 0) is 0 Å². The second kappa shape index (κ2) is 3.01. The van der Waals surface area contributed by atoms with Crippen LogP contribution in [0.2, 0.25) is 0 Å². The molecule has 0 amide bonds. The smallest absolute Gasteiger partial charge is 0.0423 e. The number of aryl methyl sites for hydroxylation is 2. The highest BCUT2D eigenvalue weighted by atomic mass is 14.7. The normalized spacial score (nSPS) is 13.1. The first kappa shape index (κ1) is 8.21. The predicted octanol–water partition coefficient (Wildman–Crippen LogP) is 1.72. The van der Waals surface area contributed by atoms with Crippen molar-refractivity contribution in [1.82, 2.24) is 4.98 Å². The molecule has 2 N–H and O–H groups in total. The van der Waals surface area contributed by atoms with Crippen LogP contribution in [0.25, 0.3) is 0 Å². The Morgan fingerprint density at radius 1 is 1.36 bits per heavy atom. The average molecular weight is 150 g/mol. The molecule has 1 atom stereocenters. The van der Waals surface area contributed by atoms with Gasteiger partial charge >= 0.3 is 0 Å². The van der Waals surface area contributed by atoms with Crippen LogP contribution in [0.3, 0.4) is 0 Å². The first-order valence-corrected chi connectivity index (χ1v) is 3.81. The summed E-state index contributed by atoms with van der Waals surface area (Å²) in [6.07, 6.45) is 0. The molecule has 0 bridgehead atoms. The average Bonchev–Trinajstić information content (AvgIpc) is 1.85. The third kappa shape index (κ3) is 1.77. The molecular weight excluding hydrogens is 136 g/mol. The largest absolute Gasteiger partial charge is 0.324 e. The fraction of sp³-hybridized carbons (Fsp3) is 0.444. The molecule has 1 aromatic heterocycles. The Labute approximate surface area is 67.5 Å². The summed E-state index contributed by atoms with van der Waals surface area (Å²) in [4.78, 5) is 4.31. The van der Waals surface area contributed by atoms with E-state index in [2.05, 4.69) is 4.98 Å². The van der Waals surface area contributed by atoms with E-state index in [-0.39, 0.29) is 6.04 Å². The molecule has 0 aliphatic heterocycles. The second-order valence-electron chi connectivity index (χ2n) is 2.92. The number of rotatable bonds is 1. The Hall–Kier alpha value is -0.890. The first-order chi connectivity index (χ1) is 5.11. The van der Waals surface area contributed by atoms with E-state index in [0.29, 0.717) is 0 Å². The van der Waals surface area contributed by atoms with E-state index in [9.17, 15) is 0 Å². The molecule has 11 heavy (non-hydrogen) atoms. The first-order valence-electron chi connectivity index (χ1n) is 3.81. The van der Waals surface area contributed by atoms with Gasteiger partial charge < -0.3 is 5.73 Å². The summed E-state index contributed by atoms with van der Waals surface area (Å²) >= 11 is 0. The van der Waals surface area contributed by atoms with Crippen molar-refractivity contribution in [3.05, 3.63) is 29.1 Å². The quantitative estimate of drug-likeness (QED) is 0.662. The molecule has 0 saturated carbocycles. The van der Waals surface area contributed by atoms with Crippen LogP contribution < -0.4 is 5.73 Å². The van der Waals surface area contributed by atoms with Crippen molar-refractivity contribution < 1.29 is 0 Å². The van der Waals surface area contributed by atoms with Crippen LogP contribution >= 0.6 is 0 Å². The monoisotopic (exact) mass is 150 g/mol. The molecule has 2 heteroatoms. The molecule has 60 valence electrons. The Morgan fingerprint density at radius 3 is 2.45 bits per heavy atom. The molecular formula is C9H14N2. The minimum Gasteiger partial charge on any atom is -0.324 e. The highest BCUT2D eigenvalue weighted by Gasteiger charge is 2.03. The number of pyridine rings is 1. The van der Waals surface area contributed by atoms with Crippen molar-refractivity contribution >= 4 is 0 Å². The molecule has 0 aliphatic rings. The lowest BCUT2D eigenvalue weighted by Crippen LogP contribution is -2.08. The molecule has 2 nitrogen and oxygen atoms in total. The molecule has 0 spiro atoms. The molecule has 1 rings (SSSR count). The molecule has 0 radical (unpaired) electrons. The summed E-state index contributed by atoms with van der Waals surface area (Å²) in [7, 11) is 0. The maximum atomic E-state index is 5.72. The Balaban J connectivity index is 3.09. The van der Waals surface area contributed by atoms with E-state index in [1.54, 1.807) is 0 Å². The second-order valence-corrected chi connectivity index (χ2v) is 2.92. The van der Waals surface area contributed by atoms with Crippen molar-refractivity contribution in [3.63, 3.8) is 0 Å². The van der Waals surface area contributed by atoms with Crippen LogP contribution in [0.4, 0.5) is 0 Å². The molecule has 0 aromatic carbocycles. The summed E-state index contributed by atoms with van der Waals surface area (Å²) in [6, 6.07) is 4.12. The van der Waals surface area contributed by atoms with Gasteiger partial charge in [0.25, 0.3) is 0 Å². The van der Waals surface area contributed by atoms with E-state index in [0.717, 1.165) is 17.0 Å². The summed E-state index contributed by atoms with van der Waals surface area (Å²) in [6.45, 7) is 5.95. The van der Waals surface area contributed by atoms with Gasteiger partial charge in [0, 0.05) is 17.4 Å². The SMILES string of the molecule is Cc1ccc([C@H](C)N)c(C)n1. The molecule has 0 aliphatic carbocycles. The maximum Gasteiger partial charge on any atom is 0.0423 e. The molecule has 1 aromatic rings. The highest BCUT2D eigenvalue weighted by molar-refractivity contribution is 5.23. The number of hydrogen-bond acceptors (Lipinski definition) is 2. The minimum atomic E-state index is 0.0862. The van der Waals surface area contributed by atoms with Gasteiger partial charge in [0.1, 0.15) is 0 Å². The topological polar surface area (TPSA) is 38.9 Å². The van der Waals surface area contributed by atoms with Crippen molar-refractivity contribution in [1.29, 1.82) is 0 Å². The van der Waals surface area contributed by atoms with Gasteiger partial charge in [-0.2, -0.15) is 0 Å². The maximum absolute atomic E-state index is 5.72. The summed E-state index contributed by atoms with van der Waals surface area (Å²) in [5.41, 5.74) is 8.95. The number of nitrogens with zero attached hydrogens (tertiary/aromatic N) is 1. The van der Waals surface area contributed by atoms with Gasteiger partial charge in [-0.05, 0) is 32.4 Å². The summed E-state index contributed by atoms with van der Waals surface area (Å²) in [5, 5.41) is 0. The van der Waals surface area contributed by atoms with E-state index in [1.165, 1.54) is 0 Å². The van der Waals surface area contributed by atoms with Crippen LogP contribution in [0, 0.1) is 13.8 Å². The molecule has 1 heterocycles. The molecule has 0 unspecified atom stereocenters. The Bertz CT molecular complexity index is 254. The third-order valence-corrected chi connectivity index (χ3v) is 1.76. The van der Waals surface area contributed by atoms with Crippen molar-refractivity contribution in [3.8, 4) is 0 Å². The Kier molecular flexibility index (Phi) is 2.25. The fourth-order valence-electron chi connectivity index (χ4n) is 1.18. The molecule has 0 saturated heterocycles. The van der Waals surface area contributed by atoms with Gasteiger partial charge in [-0.25, -0.2) is 0 Å². The lowest BCUT2D eigenvalue weighted by molar-refractivity contribution is 0.797. The fourth-order valence-corrected chi connectivity index (χ4v) is 1.18. The standard InChI is InChI=1S/C9H14N2/c1-6-4-5-9(7(2)10)8(3)11-6/h4-5,7H,10H2,1-3H3/t7-/m0/s1. The van der Waals surface area contributed by atoms with Gasteiger partial charge in [-0.3, -0.25) is 4.98 Å². The lowest BCUT2D eigenvalue weighted by Gasteiger charge is -2.08. The van der Waals surface area contributed by atoms with Gasteiger partial charge in [0.05, 0.1) is 0 Å². The predicted molar refractivity (Wildman–Crippen MR) is 46.3 cm³/mol. The number of hydrogen-bond donors (Lipinski definition) is 1. The summed E-state index contributed by atoms with van der Waals surface area (Å²) < 4.78 is 0. The zero-order valence-electron chi connectivity index (χ0n) is 7.26. The zero-order chi connectivity index (χ0) is 8.43. The van der Waals surface area contributed by atoms with Gasteiger partial charge in [0.15, 0.2) is 0 Å². The van der Waals surface area contributed by atoms with Crippen LogP contribution in [-0.4, -0.2) is 4.98 Å². The number of nitrogens with two attached hydrogens (primary N) is 1.